The molecule has 8 heteroatoms. The molecule has 0 saturated carbocycles. The van der Waals surface area contributed by atoms with Crippen molar-refractivity contribution >= 4 is 17.3 Å². The van der Waals surface area contributed by atoms with E-state index in [4.69, 9.17) is 11.6 Å². The number of hydrogen-bond acceptors (Lipinski definition) is 5. The quantitative estimate of drug-likeness (QED) is 0.636. The van der Waals surface area contributed by atoms with Gasteiger partial charge in [0.2, 0.25) is 0 Å². The second kappa shape index (κ2) is 5.38. The number of halogens is 1. The summed E-state index contributed by atoms with van der Waals surface area (Å²) >= 11 is 5.65. The second-order valence-corrected chi connectivity index (χ2v) is 4.63. The minimum Gasteiger partial charge on any atom is -0.305 e. The molecule has 0 amide bonds. The first kappa shape index (κ1) is 14.1. The number of aryl methyl sites for hydroxylation is 1. The highest BCUT2D eigenvalue weighted by atomic mass is 35.5. The number of hydrogen-bond donors (Lipinski definition) is 0. The molecule has 0 aliphatic carbocycles. The molecule has 0 spiro atoms. The molecule has 104 valence electrons. The molecule has 2 heterocycles. The molecule has 0 unspecified atom stereocenters. The van der Waals surface area contributed by atoms with Crippen LogP contribution in [0.25, 0.3) is 0 Å². The van der Waals surface area contributed by atoms with Gasteiger partial charge in [-0.25, -0.2) is 4.98 Å². The molecule has 0 saturated heterocycles. The third-order valence-electron chi connectivity index (χ3n) is 2.95. The molecule has 2 aromatic heterocycles. The van der Waals surface area contributed by atoms with Crippen LogP contribution in [0.15, 0.2) is 23.4 Å². The average Bonchev–Trinajstić information content (AvgIpc) is 2.37. The first-order valence-corrected chi connectivity index (χ1v) is 6.10. The Morgan fingerprint density at radius 3 is 2.75 bits per heavy atom. The molecule has 0 aliphatic rings. The minimum absolute atomic E-state index is 0.0169. The monoisotopic (exact) mass is 294 g/mol. The van der Waals surface area contributed by atoms with Crippen molar-refractivity contribution in [3.05, 3.63) is 61.0 Å². The summed E-state index contributed by atoms with van der Waals surface area (Å²) in [6.45, 7) is 3.34. The smallest absolute Gasteiger partial charge is 0.288 e. The molecule has 0 radical (unpaired) electrons. The SMILES string of the molecule is Cc1cnc(Cn2ccnc(Cl)c2=O)c(C)c1[N+](=O)[O-]. The lowest BCUT2D eigenvalue weighted by Gasteiger charge is -2.09. The van der Waals surface area contributed by atoms with E-state index in [9.17, 15) is 14.9 Å². The summed E-state index contributed by atoms with van der Waals surface area (Å²) in [5.74, 6) is 0. The highest BCUT2D eigenvalue weighted by Gasteiger charge is 2.19. The Kier molecular flexibility index (Phi) is 3.80. The number of rotatable bonds is 3. The van der Waals surface area contributed by atoms with Crippen molar-refractivity contribution < 1.29 is 4.92 Å². The zero-order valence-corrected chi connectivity index (χ0v) is 11.6. The second-order valence-electron chi connectivity index (χ2n) is 4.27. The summed E-state index contributed by atoms with van der Waals surface area (Å²) in [6.07, 6.45) is 4.27. The summed E-state index contributed by atoms with van der Waals surface area (Å²) < 4.78 is 1.31. The zero-order chi connectivity index (χ0) is 14.9. The van der Waals surface area contributed by atoms with E-state index in [1.54, 1.807) is 13.8 Å². The lowest BCUT2D eigenvalue weighted by molar-refractivity contribution is -0.386. The van der Waals surface area contributed by atoms with Crippen LogP contribution in [-0.4, -0.2) is 19.5 Å². The van der Waals surface area contributed by atoms with E-state index in [2.05, 4.69) is 9.97 Å². The predicted molar refractivity (Wildman–Crippen MR) is 73.0 cm³/mol. The molecule has 2 aromatic rings. The van der Waals surface area contributed by atoms with Gasteiger partial charge in [0.15, 0.2) is 5.15 Å². The third kappa shape index (κ3) is 2.53. The molecule has 0 N–H and O–H groups in total. The van der Waals surface area contributed by atoms with Crippen LogP contribution in [0.2, 0.25) is 5.15 Å². The van der Waals surface area contributed by atoms with Gasteiger partial charge < -0.3 is 4.57 Å². The molecule has 0 fully saturated rings. The number of aromatic nitrogens is 3. The van der Waals surface area contributed by atoms with Crippen LogP contribution in [0.4, 0.5) is 5.69 Å². The maximum Gasteiger partial charge on any atom is 0.288 e. The van der Waals surface area contributed by atoms with E-state index < -0.39 is 10.5 Å². The fourth-order valence-corrected chi connectivity index (χ4v) is 2.08. The summed E-state index contributed by atoms with van der Waals surface area (Å²) in [6, 6.07) is 0. The van der Waals surface area contributed by atoms with Gasteiger partial charge in [0.1, 0.15) is 0 Å². The van der Waals surface area contributed by atoms with Gasteiger partial charge in [-0.1, -0.05) is 11.6 Å². The Bertz CT molecular complexity index is 742. The first-order valence-electron chi connectivity index (χ1n) is 5.72. The van der Waals surface area contributed by atoms with Gasteiger partial charge in [0.25, 0.3) is 11.2 Å². The molecule has 0 bridgehead atoms. The maximum atomic E-state index is 11.8. The van der Waals surface area contributed by atoms with E-state index >= 15 is 0 Å². The predicted octanol–water partition coefficient (Wildman–Crippen LogP) is 1.87. The first-order chi connectivity index (χ1) is 9.41. The standard InChI is InChI=1S/C12H11ClN4O3/c1-7-5-15-9(8(2)10(7)17(19)20)6-16-4-3-14-11(13)12(16)18/h3-5H,6H2,1-2H3. The van der Waals surface area contributed by atoms with Crippen LogP contribution in [-0.2, 0) is 6.54 Å². The van der Waals surface area contributed by atoms with E-state index in [1.807, 2.05) is 0 Å². The van der Waals surface area contributed by atoms with Gasteiger partial charge in [-0.05, 0) is 13.8 Å². The fourth-order valence-electron chi connectivity index (χ4n) is 1.91. The van der Waals surface area contributed by atoms with Crippen LogP contribution in [0.5, 0.6) is 0 Å². The van der Waals surface area contributed by atoms with Gasteiger partial charge in [-0.15, -0.1) is 0 Å². The lowest BCUT2D eigenvalue weighted by atomic mass is 10.1. The Morgan fingerprint density at radius 2 is 2.10 bits per heavy atom. The average molecular weight is 295 g/mol. The van der Waals surface area contributed by atoms with E-state index in [0.29, 0.717) is 16.8 Å². The Labute approximate surface area is 119 Å². The number of nitrogens with zero attached hydrogens (tertiary/aromatic N) is 4. The molecular weight excluding hydrogens is 284 g/mol. The highest BCUT2D eigenvalue weighted by molar-refractivity contribution is 6.29. The zero-order valence-electron chi connectivity index (χ0n) is 10.8. The molecule has 0 aliphatic heterocycles. The van der Waals surface area contributed by atoms with Gasteiger partial charge in [0.05, 0.1) is 22.7 Å². The van der Waals surface area contributed by atoms with Crippen molar-refractivity contribution in [1.29, 1.82) is 0 Å². The van der Waals surface area contributed by atoms with E-state index in [0.717, 1.165) is 0 Å². The van der Waals surface area contributed by atoms with E-state index in [-0.39, 0.29) is 17.4 Å². The van der Waals surface area contributed by atoms with Crippen LogP contribution >= 0.6 is 11.6 Å². The van der Waals surface area contributed by atoms with Crippen LogP contribution in [0, 0.1) is 24.0 Å². The summed E-state index contributed by atoms with van der Waals surface area (Å²) in [5, 5.41) is 10.9. The van der Waals surface area contributed by atoms with Gasteiger partial charge >= 0.3 is 0 Å². The molecular formula is C12H11ClN4O3. The fraction of sp³-hybridized carbons (Fsp3) is 0.250. The Morgan fingerprint density at radius 1 is 1.40 bits per heavy atom. The lowest BCUT2D eigenvalue weighted by Crippen LogP contribution is -2.22. The Balaban J connectivity index is 2.50. The number of pyridine rings is 1. The molecule has 0 aromatic carbocycles. The Hall–Kier alpha value is -2.28. The van der Waals surface area contributed by atoms with Crippen molar-refractivity contribution in [2.75, 3.05) is 0 Å². The third-order valence-corrected chi connectivity index (χ3v) is 3.21. The van der Waals surface area contributed by atoms with Crippen molar-refractivity contribution in [1.82, 2.24) is 14.5 Å². The topological polar surface area (TPSA) is 90.9 Å². The van der Waals surface area contributed by atoms with Crippen LogP contribution < -0.4 is 5.56 Å². The summed E-state index contributed by atoms with van der Waals surface area (Å²) in [5.41, 5.74) is 0.930. The van der Waals surface area contributed by atoms with Crippen molar-refractivity contribution in [2.24, 2.45) is 0 Å². The normalized spacial score (nSPS) is 10.6. The van der Waals surface area contributed by atoms with Crippen LogP contribution in [0.1, 0.15) is 16.8 Å². The van der Waals surface area contributed by atoms with Crippen molar-refractivity contribution in [3.63, 3.8) is 0 Å². The van der Waals surface area contributed by atoms with Gasteiger partial charge in [-0.2, -0.15) is 0 Å². The largest absolute Gasteiger partial charge is 0.305 e. The summed E-state index contributed by atoms with van der Waals surface area (Å²) in [7, 11) is 0. The van der Waals surface area contributed by atoms with Gasteiger partial charge in [0, 0.05) is 24.2 Å². The molecule has 20 heavy (non-hydrogen) atoms. The summed E-state index contributed by atoms with van der Waals surface area (Å²) in [4.78, 5) is 30.2. The molecule has 7 nitrogen and oxygen atoms in total. The van der Waals surface area contributed by atoms with Crippen LogP contribution in [0.3, 0.4) is 0 Å². The van der Waals surface area contributed by atoms with Crippen molar-refractivity contribution in [2.45, 2.75) is 20.4 Å². The van der Waals surface area contributed by atoms with Crippen molar-refractivity contribution in [3.8, 4) is 0 Å². The minimum atomic E-state index is -0.460. The maximum absolute atomic E-state index is 11.8. The van der Waals surface area contributed by atoms with Gasteiger partial charge in [-0.3, -0.25) is 19.9 Å². The molecule has 0 atom stereocenters. The highest BCUT2D eigenvalue weighted by Crippen LogP contribution is 2.24. The van der Waals surface area contributed by atoms with E-state index in [1.165, 1.54) is 23.2 Å². The number of nitro groups is 1. The molecule has 2 rings (SSSR count).